The molecule has 1 unspecified atom stereocenters. The van der Waals surface area contributed by atoms with Crippen molar-refractivity contribution in [2.75, 3.05) is 0 Å². The molecule has 1 rings (SSSR count). The van der Waals surface area contributed by atoms with Crippen LogP contribution in [0.1, 0.15) is 25.7 Å². The van der Waals surface area contributed by atoms with Crippen LogP contribution in [0.2, 0.25) is 0 Å². The molecule has 1 atom stereocenters. The zero-order valence-electron chi connectivity index (χ0n) is 6.05. The normalized spacial score (nSPS) is 21.7. The highest BCUT2D eigenvalue weighted by Gasteiger charge is 2.22. The van der Waals surface area contributed by atoms with Crippen LogP contribution in [0.25, 0.3) is 0 Å². The summed E-state index contributed by atoms with van der Waals surface area (Å²) in [5.74, 6) is 0.300. The minimum atomic E-state index is -0.412. The first kappa shape index (κ1) is 7.54. The average molecular weight is 142 g/mol. The van der Waals surface area contributed by atoms with Crippen molar-refractivity contribution in [1.82, 2.24) is 0 Å². The molecule has 1 aliphatic rings. The molecule has 1 saturated carbocycles. The number of amides is 1. The number of nitrogens with two attached hydrogens (primary N) is 2. The van der Waals surface area contributed by atoms with Gasteiger partial charge in [-0.25, -0.2) is 0 Å². The average Bonchev–Trinajstić information content (AvgIpc) is 1.77. The van der Waals surface area contributed by atoms with Crippen LogP contribution in [-0.2, 0) is 4.79 Å². The van der Waals surface area contributed by atoms with Crippen LogP contribution >= 0.6 is 0 Å². The van der Waals surface area contributed by atoms with Gasteiger partial charge in [0, 0.05) is 0 Å². The Labute approximate surface area is 60.8 Å². The summed E-state index contributed by atoms with van der Waals surface area (Å²) in [6.45, 7) is 0. The van der Waals surface area contributed by atoms with Crippen molar-refractivity contribution >= 4 is 5.91 Å². The molecule has 1 amide bonds. The quantitative estimate of drug-likeness (QED) is 0.582. The molecule has 0 spiro atoms. The predicted molar refractivity (Wildman–Crippen MR) is 39.1 cm³/mol. The van der Waals surface area contributed by atoms with Crippen molar-refractivity contribution < 1.29 is 4.79 Å². The predicted octanol–water partition coefficient (Wildman–Crippen LogP) is -0.0108. The van der Waals surface area contributed by atoms with Crippen LogP contribution in [0.3, 0.4) is 0 Å². The van der Waals surface area contributed by atoms with E-state index >= 15 is 0 Å². The third-order valence-electron chi connectivity index (χ3n) is 2.18. The number of hydrogen-bond acceptors (Lipinski definition) is 2. The van der Waals surface area contributed by atoms with E-state index in [2.05, 4.69) is 0 Å². The molecule has 3 nitrogen and oxygen atoms in total. The van der Waals surface area contributed by atoms with Crippen molar-refractivity contribution in [2.24, 2.45) is 17.4 Å². The minimum Gasteiger partial charge on any atom is -0.368 e. The molecule has 0 aromatic carbocycles. The summed E-state index contributed by atoms with van der Waals surface area (Å²) in [6.07, 6.45) is 4.52. The standard InChI is InChI=1S/C7H14N2O/c8-6(7(9)10)4-5-2-1-3-5/h5-6H,1-4,8H2,(H2,9,10). The fourth-order valence-electron chi connectivity index (χ4n) is 1.20. The lowest BCUT2D eigenvalue weighted by Crippen LogP contribution is -2.38. The Kier molecular flexibility index (Phi) is 2.27. The molecule has 0 heterocycles. The SMILES string of the molecule is NC(=O)C(N)CC1CCC1. The summed E-state index contributed by atoms with van der Waals surface area (Å²) in [6, 6.07) is -0.412. The van der Waals surface area contributed by atoms with Gasteiger partial charge < -0.3 is 11.5 Å². The van der Waals surface area contributed by atoms with Gasteiger partial charge in [0.2, 0.25) is 5.91 Å². The first-order valence-corrected chi connectivity index (χ1v) is 3.75. The number of rotatable bonds is 3. The maximum Gasteiger partial charge on any atom is 0.234 e. The van der Waals surface area contributed by atoms with Crippen LogP contribution in [0.4, 0.5) is 0 Å². The summed E-state index contributed by atoms with van der Waals surface area (Å²) in [4.78, 5) is 10.5. The highest BCUT2D eigenvalue weighted by molar-refractivity contribution is 5.79. The van der Waals surface area contributed by atoms with Crippen molar-refractivity contribution in [1.29, 1.82) is 0 Å². The zero-order valence-corrected chi connectivity index (χ0v) is 6.05. The van der Waals surface area contributed by atoms with Crippen LogP contribution in [0, 0.1) is 5.92 Å². The van der Waals surface area contributed by atoms with E-state index in [4.69, 9.17) is 11.5 Å². The van der Waals surface area contributed by atoms with Gasteiger partial charge in [-0.3, -0.25) is 4.79 Å². The Hall–Kier alpha value is -0.570. The van der Waals surface area contributed by atoms with E-state index < -0.39 is 6.04 Å². The first-order chi connectivity index (χ1) is 4.70. The second kappa shape index (κ2) is 3.01. The van der Waals surface area contributed by atoms with Gasteiger partial charge in [0.25, 0.3) is 0 Å². The molecule has 0 aromatic heterocycles. The Morgan fingerprint density at radius 1 is 1.60 bits per heavy atom. The molecule has 0 bridgehead atoms. The molecule has 0 radical (unpaired) electrons. The third-order valence-corrected chi connectivity index (χ3v) is 2.18. The van der Waals surface area contributed by atoms with E-state index in [-0.39, 0.29) is 5.91 Å². The highest BCUT2D eigenvalue weighted by atomic mass is 16.1. The largest absolute Gasteiger partial charge is 0.368 e. The van der Waals surface area contributed by atoms with Gasteiger partial charge in [-0.1, -0.05) is 19.3 Å². The summed E-state index contributed by atoms with van der Waals surface area (Å²) in [5.41, 5.74) is 10.5. The molecule has 1 aliphatic carbocycles. The summed E-state index contributed by atoms with van der Waals surface area (Å²) < 4.78 is 0. The van der Waals surface area contributed by atoms with Gasteiger partial charge in [-0.15, -0.1) is 0 Å². The molecule has 0 aromatic rings. The van der Waals surface area contributed by atoms with E-state index in [0.29, 0.717) is 5.92 Å². The molecular weight excluding hydrogens is 128 g/mol. The van der Waals surface area contributed by atoms with E-state index in [9.17, 15) is 4.79 Å². The third kappa shape index (κ3) is 1.70. The van der Waals surface area contributed by atoms with Crippen molar-refractivity contribution in [3.05, 3.63) is 0 Å². The summed E-state index contributed by atoms with van der Waals surface area (Å²) >= 11 is 0. The molecule has 1 fully saturated rings. The maximum absolute atomic E-state index is 10.5. The van der Waals surface area contributed by atoms with E-state index in [1.807, 2.05) is 0 Å². The molecule has 10 heavy (non-hydrogen) atoms. The molecule has 0 aliphatic heterocycles. The molecule has 4 N–H and O–H groups in total. The Bertz CT molecular complexity index is 132. The minimum absolute atomic E-state index is 0.369. The number of primary amides is 1. The van der Waals surface area contributed by atoms with Crippen molar-refractivity contribution in [3.8, 4) is 0 Å². The Morgan fingerprint density at radius 3 is 2.50 bits per heavy atom. The first-order valence-electron chi connectivity index (χ1n) is 3.75. The summed E-state index contributed by atoms with van der Waals surface area (Å²) in [7, 11) is 0. The van der Waals surface area contributed by atoms with Crippen LogP contribution < -0.4 is 11.5 Å². The van der Waals surface area contributed by atoms with E-state index in [0.717, 1.165) is 6.42 Å². The van der Waals surface area contributed by atoms with Gasteiger partial charge in [-0.2, -0.15) is 0 Å². The lowest BCUT2D eigenvalue weighted by atomic mass is 9.81. The number of carbonyl (C=O) groups excluding carboxylic acids is 1. The monoisotopic (exact) mass is 142 g/mol. The Morgan fingerprint density at radius 2 is 2.20 bits per heavy atom. The van der Waals surface area contributed by atoms with Crippen LogP contribution in [0.15, 0.2) is 0 Å². The fraction of sp³-hybridized carbons (Fsp3) is 0.857. The number of carbonyl (C=O) groups is 1. The fourth-order valence-corrected chi connectivity index (χ4v) is 1.20. The lowest BCUT2D eigenvalue weighted by Gasteiger charge is -2.26. The van der Waals surface area contributed by atoms with Gasteiger partial charge in [0.05, 0.1) is 6.04 Å². The van der Waals surface area contributed by atoms with Crippen LogP contribution in [0.5, 0.6) is 0 Å². The molecular formula is C7H14N2O. The zero-order chi connectivity index (χ0) is 7.56. The maximum atomic E-state index is 10.5. The topological polar surface area (TPSA) is 69.1 Å². The van der Waals surface area contributed by atoms with Crippen molar-refractivity contribution in [3.63, 3.8) is 0 Å². The van der Waals surface area contributed by atoms with Gasteiger partial charge in [-0.05, 0) is 12.3 Å². The number of hydrogen-bond donors (Lipinski definition) is 2. The molecule has 58 valence electrons. The van der Waals surface area contributed by atoms with Gasteiger partial charge >= 0.3 is 0 Å². The van der Waals surface area contributed by atoms with Gasteiger partial charge in [0.15, 0.2) is 0 Å². The van der Waals surface area contributed by atoms with E-state index in [1.165, 1.54) is 19.3 Å². The van der Waals surface area contributed by atoms with Crippen molar-refractivity contribution in [2.45, 2.75) is 31.7 Å². The van der Waals surface area contributed by atoms with Gasteiger partial charge in [0.1, 0.15) is 0 Å². The molecule has 3 heteroatoms. The second-order valence-corrected chi connectivity index (χ2v) is 3.04. The lowest BCUT2D eigenvalue weighted by molar-refractivity contribution is -0.119. The Balaban J connectivity index is 2.16. The van der Waals surface area contributed by atoms with E-state index in [1.54, 1.807) is 0 Å². The summed E-state index contributed by atoms with van der Waals surface area (Å²) in [5, 5.41) is 0. The smallest absolute Gasteiger partial charge is 0.234 e. The second-order valence-electron chi connectivity index (χ2n) is 3.04. The highest BCUT2D eigenvalue weighted by Crippen LogP contribution is 2.29. The molecule has 0 saturated heterocycles. The van der Waals surface area contributed by atoms with Crippen LogP contribution in [-0.4, -0.2) is 11.9 Å².